The first-order valence-corrected chi connectivity index (χ1v) is 6.12. The fourth-order valence-electron chi connectivity index (χ4n) is 1.47. The van der Waals surface area contributed by atoms with E-state index in [1.807, 2.05) is 24.3 Å². The molecule has 0 aromatic heterocycles. The summed E-state index contributed by atoms with van der Waals surface area (Å²) in [6.45, 7) is 1.74. The molecule has 1 rings (SSSR count). The highest BCUT2D eigenvalue weighted by Gasteiger charge is 1.98. The predicted molar refractivity (Wildman–Crippen MR) is 69.3 cm³/mol. The summed E-state index contributed by atoms with van der Waals surface area (Å²) in [7, 11) is 1.41. The monoisotopic (exact) mass is 255 g/mol. The number of halogens is 1. The van der Waals surface area contributed by atoms with E-state index in [1.54, 1.807) is 0 Å². The Morgan fingerprint density at radius 2 is 2.00 bits per heavy atom. The summed E-state index contributed by atoms with van der Waals surface area (Å²) in [5.74, 6) is -0.149. The van der Waals surface area contributed by atoms with Crippen LogP contribution in [-0.4, -0.2) is 26.2 Å². The molecule has 0 bridgehead atoms. The van der Waals surface area contributed by atoms with Gasteiger partial charge in [0, 0.05) is 11.4 Å². The zero-order valence-corrected chi connectivity index (χ0v) is 10.8. The molecule has 0 aliphatic rings. The van der Waals surface area contributed by atoms with Crippen molar-refractivity contribution in [3.8, 4) is 0 Å². The van der Waals surface area contributed by atoms with Gasteiger partial charge in [-0.3, -0.25) is 4.79 Å². The lowest BCUT2D eigenvalue weighted by molar-refractivity contribution is -0.140. The Morgan fingerprint density at radius 1 is 1.29 bits per heavy atom. The van der Waals surface area contributed by atoms with E-state index in [4.69, 9.17) is 11.6 Å². The van der Waals surface area contributed by atoms with Crippen LogP contribution >= 0.6 is 11.6 Å². The molecule has 0 unspecified atom stereocenters. The topological polar surface area (TPSA) is 38.3 Å². The number of methoxy groups -OCH3 is 1. The Labute approximate surface area is 107 Å². The maximum absolute atomic E-state index is 10.8. The van der Waals surface area contributed by atoms with Crippen LogP contribution in [-0.2, 0) is 16.0 Å². The van der Waals surface area contributed by atoms with Crippen LogP contribution in [0.2, 0.25) is 5.02 Å². The SMILES string of the molecule is COC(=O)CCCNCCc1ccc(Cl)cc1. The molecule has 3 nitrogen and oxygen atoms in total. The van der Waals surface area contributed by atoms with Crippen LogP contribution in [0, 0.1) is 0 Å². The molecule has 1 aromatic rings. The van der Waals surface area contributed by atoms with Gasteiger partial charge in [-0.25, -0.2) is 0 Å². The molecule has 1 aromatic carbocycles. The Balaban J connectivity index is 2.04. The van der Waals surface area contributed by atoms with Crippen LogP contribution in [0.4, 0.5) is 0 Å². The van der Waals surface area contributed by atoms with E-state index >= 15 is 0 Å². The van der Waals surface area contributed by atoms with Gasteiger partial charge in [-0.1, -0.05) is 23.7 Å². The van der Waals surface area contributed by atoms with Crippen molar-refractivity contribution in [3.05, 3.63) is 34.9 Å². The molecule has 0 heterocycles. The van der Waals surface area contributed by atoms with E-state index in [0.29, 0.717) is 6.42 Å². The lowest BCUT2D eigenvalue weighted by Gasteiger charge is -2.04. The van der Waals surface area contributed by atoms with E-state index in [1.165, 1.54) is 12.7 Å². The second-order valence-corrected chi connectivity index (χ2v) is 4.24. The first-order valence-electron chi connectivity index (χ1n) is 5.74. The van der Waals surface area contributed by atoms with Crippen LogP contribution in [0.25, 0.3) is 0 Å². The van der Waals surface area contributed by atoms with Gasteiger partial charge in [0.25, 0.3) is 0 Å². The minimum atomic E-state index is -0.149. The van der Waals surface area contributed by atoms with Gasteiger partial charge >= 0.3 is 5.97 Å². The molecule has 0 aliphatic heterocycles. The molecule has 0 amide bonds. The van der Waals surface area contributed by atoms with E-state index in [2.05, 4.69) is 10.1 Å². The highest BCUT2D eigenvalue weighted by molar-refractivity contribution is 6.30. The Hall–Kier alpha value is -1.06. The number of rotatable bonds is 7. The number of nitrogens with one attached hydrogen (secondary N) is 1. The first-order chi connectivity index (χ1) is 8.22. The number of carbonyl (C=O) groups excluding carboxylic acids is 1. The van der Waals surface area contributed by atoms with Gasteiger partial charge in [0.05, 0.1) is 7.11 Å². The fraction of sp³-hybridized carbons (Fsp3) is 0.462. The normalized spacial score (nSPS) is 10.2. The van der Waals surface area contributed by atoms with E-state index in [-0.39, 0.29) is 5.97 Å². The quantitative estimate of drug-likeness (QED) is 0.601. The van der Waals surface area contributed by atoms with Crippen molar-refractivity contribution < 1.29 is 9.53 Å². The molecule has 0 saturated carbocycles. The zero-order valence-electron chi connectivity index (χ0n) is 10.0. The van der Waals surface area contributed by atoms with Crippen molar-refractivity contribution in [3.63, 3.8) is 0 Å². The molecule has 94 valence electrons. The Kier molecular flexibility index (Phi) is 6.67. The van der Waals surface area contributed by atoms with Crippen molar-refractivity contribution in [2.24, 2.45) is 0 Å². The van der Waals surface area contributed by atoms with Gasteiger partial charge in [0.15, 0.2) is 0 Å². The molecule has 0 fully saturated rings. The third-order valence-electron chi connectivity index (χ3n) is 2.47. The lowest BCUT2D eigenvalue weighted by Crippen LogP contribution is -2.19. The van der Waals surface area contributed by atoms with Gasteiger partial charge in [-0.2, -0.15) is 0 Å². The first kappa shape index (κ1) is 14.0. The molecular weight excluding hydrogens is 238 g/mol. The number of esters is 1. The second-order valence-electron chi connectivity index (χ2n) is 3.81. The molecule has 0 aliphatic carbocycles. The smallest absolute Gasteiger partial charge is 0.305 e. The van der Waals surface area contributed by atoms with Crippen LogP contribution < -0.4 is 5.32 Å². The van der Waals surface area contributed by atoms with Crippen molar-refractivity contribution in [1.82, 2.24) is 5.32 Å². The second kappa shape index (κ2) is 8.09. The van der Waals surface area contributed by atoms with Crippen molar-refractivity contribution in [2.45, 2.75) is 19.3 Å². The maximum atomic E-state index is 10.8. The predicted octanol–water partition coefficient (Wildman–Crippen LogP) is 2.43. The van der Waals surface area contributed by atoms with Crippen LogP contribution in [0.15, 0.2) is 24.3 Å². The van der Waals surface area contributed by atoms with E-state index < -0.39 is 0 Å². The number of hydrogen-bond acceptors (Lipinski definition) is 3. The average Bonchev–Trinajstić information content (AvgIpc) is 2.35. The summed E-state index contributed by atoms with van der Waals surface area (Å²) in [5, 5.41) is 4.05. The maximum Gasteiger partial charge on any atom is 0.305 e. The van der Waals surface area contributed by atoms with E-state index in [9.17, 15) is 4.79 Å². The third kappa shape index (κ3) is 6.29. The summed E-state index contributed by atoms with van der Waals surface area (Å²) < 4.78 is 4.56. The number of benzene rings is 1. The minimum Gasteiger partial charge on any atom is -0.469 e. The molecule has 0 atom stereocenters. The van der Waals surface area contributed by atoms with Crippen molar-refractivity contribution in [1.29, 1.82) is 0 Å². The molecule has 1 N–H and O–H groups in total. The summed E-state index contributed by atoms with van der Waals surface area (Å²) in [5.41, 5.74) is 1.26. The summed E-state index contributed by atoms with van der Waals surface area (Å²) in [4.78, 5) is 10.8. The van der Waals surface area contributed by atoms with Gasteiger partial charge in [0.2, 0.25) is 0 Å². The van der Waals surface area contributed by atoms with Gasteiger partial charge in [-0.05, 0) is 43.6 Å². The van der Waals surface area contributed by atoms with Crippen LogP contribution in [0.5, 0.6) is 0 Å². The number of carbonyl (C=O) groups is 1. The van der Waals surface area contributed by atoms with Crippen LogP contribution in [0.1, 0.15) is 18.4 Å². The molecular formula is C13H18ClNO2. The summed E-state index contributed by atoms with van der Waals surface area (Å²) >= 11 is 5.80. The van der Waals surface area contributed by atoms with Gasteiger partial charge in [-0.15, -0.1) is 0 Å². The molecule has 0 saturated heterocycles. The van der Waals surface area contributed by atoms with Crippen molar-refractivity contribution in [2.75, 3.05) is 20.2 Å². The minimum absolute atomic E-state index is 0.149. The highest BCUT2D eigenvalue weighted by Crippen LogP contribution is 2.09. The molecule has 4 heteroatoms. The third-order valence-corrected chi connectivity index (χ3v) is 2.72. The zero-order chi connectivity index (χ0) is 12.5. The highest BCUT2D eigenvalue weighted by atomic mass is 35.5. The Bertz CT molecular complexity index is 338. The number of ether oxygens (including phenoxy) is 1. The summed E-state index contributed by atoms with van der Waals surface area (Å²) in [6, 6.07) is 7.85. The van der Waals surface area contributed by atoms with Crippen molar-refractivity contribution >= 4 is 17.6 Å². The largest absolute Gasteiger partial charge is 0.469 e. The molecule has 0 spiro atoms. The lowest BCUT2D eigenvalue weighted by atomic mass is 10.1. The summed E-state index contributed by atoms with van der Waals surface area (Å²) in [6.07, 6.45) is 2.26. The standard InChI is InChI=1S/C13H18ClNO2/c1-17-13(16)3-2-9-15-10-8-11-4-6-12(14)7-5-11/h4-7,15H,2-3,8-10H2,1H3. The number of hydrogen-bond donors (Lipinski definition) is 1. The van der Waals surface area contributed by atoms with E-state index in [0.717, 1.165) is 31.0 Å². The fourth-order valence-corrected chi connectivity index (χ4v) is 1.59. The van der Waals surface area contributed by atoms with Gasteiger partial charge < -0.3 is 10.1 Å². The molecule has 0 radical (unpaired) electrons. The van der Waals surface area contributed by atoms with Gasteiger partial charge in [0.1, 0.15) is 0 Å². The van der Waals surface area contributed by atoms with Crippen LogP contribution in [0.3, 0.4) is 0 Å². The average molecular weight is 256 g/mol. The Morgan fingerprint density at radius 3 is 2.65 bits per heavy atom. The molecule has 17 heavy (non-hydrogen) atoms.